The van der Waals surface area contributed by atoms with Gasteiger partial charge in [0.25, 0.3) is 0 Å². The highest BCUT2D eigenvalue weighted by molar-refractivity contribution is 4.63. The SMILES string of the molecule is OOC1CCCCC1.OOOC1CCCCC1. The Balaban J connectivity index is 0.000000171. The van der Waals surface area contributed by atoms with Gasteiger partial charge in [-0.15, -0.1) is 0 Å². The molecule has 5 heteroatoms. The molecule has 0 heterocycles. The quantitative estimate of drug-likeness (QED) is 0.590. The highest BCUT2D eigenvalue weighted by Gasteiger charge is 2.14. The zero-order valence-corrected chi connectivity index (χ0v) is 10.3. The Hall–Kier alpha value is -0.200. The molecule has 2 saturated carbocycles. The highest BCUT2D eigenvalue weighted by Crippen LogP contribution is 2.20. The van der Waals surface area contributed by atoms with Gasteiger partial charge in [0.1, 0.15) is 0 Å². The second kappa shape index (κ2) is 9.79. The lowest BCUT2D eigenvalue weighted by molar-refractivity contribution is -0.507. The minimum atomic E-state index is 0.128. The molecule has 0 radical (unpaired) electrons. The Morgan fingerprint density at radius 3 is 1.47 bits per heavy atom. The van der Waals surface area contributed by atoms with E-state index in [-0.39, 0.29) is 12.2 Å². The van der Waals surface area contributed by atoms with Crippen LogP contribution in [0.25, 0.3) is 0 Å². The molecule has 5 nitrogen and oxygen atoms in total. The average molecular weight is 248 g/mol. The van der Waals surface area contributed by atoms with E-state index in [1.165, 1.54) is 38.5 Å². The van der Waals surface area contributed by atoms with Crippen LogP contribution in [0.3, 0.4) is 0 Å². The molecule has 0 aromatic heterocycles. The summed E-state index contributed by atoms with van der Waals surface area (Å²) in [5, 5.41) is 19.7. The lowest BCUT2D eigenvalue weighted by Crippen LogP contribution is -2.15. The summed E-state index contributed by atoms with van der Waals surface area (Å²) in [7, 11) is 0. The van der Waals surface area contributed by atoms with E-state index in [1.807, 2.05) is 0 Å². The van der Waals surface area contributed by atoms with Gasteiger partial charge in [-0.3, -0.25) is 5.26 Å². The van der Waals surface area contributed by atoms with E-state index in [0.717, 1.165) is 25.7 Å². The van der Waals surface area contributed by atoms with Crippen LogP contribution in [0.4, 0.5) is 0 Å². The molecule has 0 spiro atoms. The summed E-state index contributed by atoms with van der Waals surface area (Å²) < 4.78 is 0. The molecular formula is C12H24O5. The second-order valence-electron chi connectivity index (χ2n) is 4.80. The van der Waals surface area contributed by atoms with Gasteiger partial charge < -0.3 is 0 Å². The number of hydrogen-bond acceptors (Lipinski definition) is 5. The van der Waals surface area contributed by atoms with Gasteiger partial charge in [-0.25, -0.2) is 15.0 Å². The molecule has 2 N–H and O–H groups in total. The minimum Gasteiger partial charge on any atom is -0.252 e. The maximum atomic E-state index is 8.19. The topological polar surface area (TPSA) is 68.2 Å². The van der Waals surface area contributed by atoms with Gasteiger partial charge >= 0.3 is 0 Å². The van der Waals surface area contributed by atoms with Crippen LogP contribution in [-0.2, 0) is 14.8 Å². The third-order valence-corrected chi connectivity index (χ3v) is 3.43. The van der Waals surface area contributed by atoms with Crippen LogP contribution >= 0.6 is 0 Å². The number of rotatable bonds is 3. The summed E-state index contributed by atoms with van der Waals surface area (Å²) in [5.74, 6) is 0. The monoisotopic (exact) mass is 248 g/mol. The molecule has 0 aliphatic heterocycles. The van der Waals surface area contributed by atoms with Crippen molar-refractivity contribution in [3.8, 4) is 0 Å². The second-order valence-corrected chi connectivity index (χ2v) is 4.80. The third-order valence-electron chi connectivity index (χ3n) is 3.43. The van der Waals surface area contributed by atoms with Crippen molar-refractivity contribution in [2.45, 2.75) is 76.4 Å². The Morgan fingerprint density at radius 1 is 0.647 bits per heavy atom. The first-order valence-electron chi connectivity index (χ1n) is 6.64. The van der Waals surface area contributed by atoms with Crippen LogP contribution in [0.1, 0.15) is 64.2 Å². The van der Waals surface area contributed by atoms with Crippen LogP contribution < -0.4 is 0 Å². The molecule has 0 aromatic carbocycles. The van der Waals surface area contributed by atoms with E-state index in [0.29, 0.717) is 0 Å². The Kier molecular flexibility index (Phi) is 8.56. The van der Waals surface area contributed by atoms with Crippen molar-refractivity contribution in [2.75, 3.05) is 0 Å². The molecule has 2 fully saturated rings. The van der Waals surface area contributed by atoms with Gasteiger partial charge in [-0.1, -0.05) is 43.6 Å². The summed E-state index contributed by atoms with van der Waals surface area (Å²) in [4.78, 5) is 8.73. The van der Waals surface area contributed by atoms with Crippen molar-refractivity contribution in [3.63, 3.8) is 0 Å². The summed E-state index contributed by atoms with van der Waals surface area (Å²) in [6, 6.07) is 0. The lowest BCUT2D eigenvalue weighted by atomic mass is 9.98. The van der Waals surface area contributed by atoms with E-state index >= 15 is 0 Å². The van der Waals surface area contributed by atoms with Gasteiger partial charge in [-0.05, 0) is 25.7 Å². The summed E-state index contributed by atoms with van der Waals surface area (Å²) >= 11 is 0. The third kappa shape index (κ3) is 6.95. The fraction of sp³-hybridized carbons (Fsp3) is 1.00. The molecule has 0 aromatic rings. The summed E-state index contributed by atoms with van der Waals surface area (Å²) in [6.07, 6.45) is 11.8. The van der Waals surface area contributed by atoms with Crippen LogP contribution in [0.15, 0.2) is 0 Å². The van der Waals surface area contributed by atoms with Gasteiger partial charge in [0.2, 0.25) is 0 Å². The molecule has 0 unspecified atom stereocenters. The highest BCUT2D eigenvalue weighted by atomic mass is 17.5. The van der Waals surface area contributed by atoms with Gasteiger partial charge in [0.05, 0.1) is 12.2 Å². The molecule has 102 valence electrons. The molecule has 0 atom stereocenters. The van der Waals surface area contributed by atoms with Gasteiger partial charge in [0, 0.05) is 0 Å². The van der Waals surface area contributed by atoms with Crippen molar-refractivity contribution in [3.05, 3.63) is 0 Å². The molecular weight excluding hydrogens is 224 g/mol. The maximum Gasteiger partial charge on any atom is 0.0961 e. The first-order chi connectivity index (χ1) is 8.36. The Labute approximate surface area is 102 Å². The molecule has 17 heavy (non-hydrogen) atoms. The smallest absolute Gasteiger partial charge is 0.0961 e. The Morgan fingerprint density at radius 2 is 1.12 bits per heavy atom. The van der Waals surface area contributed by atoms with Crippen molar-refractivity contribution in [2.24, 2.45) is 0 Å². The van der Waals surface area contributed by atoms with E-state index < -0.39 is 0 Å². The van der Waals surface area contributed by atoms with Gasteiger partial charge in [0.15, 0.2) is 0 Å². The van der Waals surface area contributed by atoms with E-state index in [2.05, 4.69) is 14.8 Å². The zero-order chi connectivity index (χ0) is 12.3. The van der Waals surface area contributed by atoms with Crippen LogP contribution in [0.5, 0.6) is 0 Å². The van der Waals surface area contributed by atoms with Crippen LogP contribution in [0, 0.1) is 0 Å². The van der Waals surface area contributed by atoms with Crippen molar-refractivity contribution < 1.29 is 25.3 Å². The van der Waals surface area contributed by atoms with Crippen molar-refractivity contribution >= 4 is 0 Å². The predicted molar refractivity (Wildman–Crippen MR) is 62.3 cm³/mol. The summed E-state index contributed by atoms with van der Waals surface area (Å²) in [6.45, 7) is 0. The molecule has 0 bridgehead atoms. The minimum absolute atomic E-state index is 0.128. The van der Waals surface area contributed by atoms with E-state index in [9.17, 15) is 0 Å². The molecule has 0 saturated heterocycles. The van der Waals surface area contributed by atoms with Crippen LogP contribution in [-0.4, -0.2) is 22.7 Å². The van der Waals surface area contributed by atoms with Crippen LogP contribution in [0.2, 0.25) is 0 Å². The predicted octanol–water partition coefficient (Wildman–Crippen LogP) is 3.55. The normalized spacial score (nSPS) is 22.9. The number of hydrogen-bond donors (Lipinski definition) is 2. The molecule has 2 aliphatic carbocycles. The van der Waals surface area contributed by atoms with Gasteiger partial charge in [-0.2, -0.15) is 0 Å². The molecule has 2 aliphatic rings. The van der Waals surface area contributed by atoms with E-state index in [4.69, 9.17) is 10.5 Å². The van der Waals surface area contributed by atoms with Crippen molar-refractivity contribution in [1.82, 2.24) is 0 Å². The molecule has 2 rings (SSSR count). The zero-order valence-electron chi connectivity index (χ0n) is 10.3. The standard InChI is InChI=1S/C6H12O3.C6H12O2/c7-9-8-6-4-2-1-3-5-6;7-8-6-4-2-1-3-5-6/h6-7H,1-5H2;6-7H,1-5H2. The summed E-state index contributed by atoms with van der Waals surface area (Å²) in [5.41, 5.74) is 0. The maximum absolute atomic E-state index is 8.19. The fourth-order valence-corrected chi connectivity index (χ4v) is 2.39. The Bertz CT molecular complexity index is 162. The fourth-order valence-electron chi connectivity index (χ4n) is 2.39. The largest absolute Gasteiger partial charge is 0.252 e. The lowest BCUT2D eigenvalue weighted by Gasteiger charge is -2.18. The average Bonchev–Trinajstić information content (AvgIpc) is 2.42. The first kappa shape index (κ1) is 14.9. The van der Waals surface area contributed by atoms with E-state index in [1.54, 1.807) is 0 Å². The molecule has 0 amide bonds. The first-order valence-corrected chi connectivity index (χ1v) is 6.64. The van der Waals surface area contributed by atoms with Crippen molar-refractivity contribution in [1.29, 1.82) is 0 Å².